The van der Waals surface area contributed by atoms with Gasteiger partial charge in [0.15, 0.2) is 5.65 Å². The van der Waals surface area contributed by atoms with Crippen LogP contribution in [0.4, 0.5) is 0 Å². The Bertz CT molecular complexity index is 631. The van der Waals surface area contributed by atoms with E-state index < -0.39 is 0 Å². The molecule has 0 atom stereocenters. The lowest BCUT2D eigenvalue weighted by Crippen LogP contribution is -1.81. The summed E-state index contributed by atoms with van der Waals surface area (Å²) in [6, 6.07) is 12.1. The van der Waals surface area contributed by atoms with Crippen molar-refractivity contribution in [2.45, 2.75) is 0 Å². The first-order chi connectivity index (χ1) is 7.83. The fraction of sp³-hybridized carbons (Fsp3) is 0. The van der Waals surface area contributed by atoms with Gasteiger partial charge in [0.05, 0.1) is 5.52 Å². The summed E-state index contributed by atoms with van der Waals surface area (Å²) in [6.07, 6.45) is 1.80. The second-order valence-electron chi connectivity index (χ2n) is 3.49. The summed E-state index contributed by atoms with van der Waals surface area (Å²) in [7, 11) is 0. The molecule has 0 spiro atoms. The lowest BCUT2D eigenvalue weighted by atomic mass is 10.1. The van der Waals surface area contributed by atoms with Gasteiger partial charge in [0.25, 0.3) is 0 Å². The van der Waals surface area contributed by atoms with Crippen LogP contribution in [-0.2, 0) is 0 Å². The van der Waals surface area contributed by atoms with Crippen LogP contribution in [0.5, 0.6) is 0 Å². The summed E-state index contributed by atoms with van der Waals surface area (Å²) in [5.74, 6) is 0. The van der Waals surface area contributed by atoms with E-state index in [1.165, 1.54) is 0 Å². The molecule has 78 valence electrons. The smallest absolute Gasteiger partial charge is 0.202 e. The van der Waals surface area contributed by atoms with Crippen LogP contribution in [0.1, 0.15) is 0 Å². The third-order valence-electron chi connectivity index (χ3n) is 2.42. The highest BCUT2D eigenvalue weighted by molar-refractivity contribution is 6.29. The molecule has 3 nitrogen and oxygen atoms in total. The zero-order valence-corrected chi connectivity index (χ0v) is 9.07. The first-order valence-electron chi connectivity index (χ1n) is 4.89. The number of hydrogen-bond acceptors (Lipinski definition) is 2. The quantitative estimate of drug-likeness (QED) is 0.696. The Balaban J connectivity index is 2.18. The van der Waals surface area contributed by atoms with Gasteiger partial charge in [0, 0.05) is 11.8 Å². The molecule has 0 bridgehead atoms. The van der Waals surface area contributed by atoms with Gasteiger partial charge in [0.1, 0.15) is 0 Å². The van der Waals surface area contributed by atoms with E-state index in [-0.39, 0.29) is 0 Å². The molecule has 3 aromatic rings. The van der Waals surface area contributed by atoms with Crippen molar-refractivity contribution in [3.63, 3.8) is 0 Å². The zero-order chi connectivity index (χ0) is 11.0. The SMILES string of the molecule is Clc1nc2ncc(-c3ccccc3)cc2[nH]1. The first-order valence-corrected chi connectivity index (χ1v) is 5.27. The molecular weight excluding hydrogens is 222 g/mol. The van der Waals surface area contributed by atoms with Gasteiger partial charge in [-0.3, -0.25) is 0 Å². The molecule has 0 fully saturated rings. The second kappa shape index (κ2) is 3.61. The largest absolute Gasteiger partial charge is 0.327 e. The molecule has 1 aromatic carbocycles. The number of nitrogens with zero attached hydrogens (tertiary/aromatic N) is 2. The molecular formula is C12H8ClN3. The van der Waals surface area contributed by atoms with Crippen molar-refractivity contribution in [3.8, 4) is 11.1 Å². The van der Waals surface area contributed by atoms with E-state index in [1.807, 2.05) is 36.4 Å². The number of hydrogen-bond donors (Lipinski definition) is 1. The molecule has 3 rings (SSSR count). The molecule has 16 heavy (non-hydrogen) atoms. The molecule has 0 saturated carbocycles. The number of aromatic amines is 1. The normalized spacial score (nSPS) is 10.8. The fourth-order valence-corrected chi connectivity index (χ4v) is 1.84. The van der Waals surface area contributed by atoms with Crippen molar-refractivity contribution in [2.24, 2.45) is 0 Å². The average Bonchev–Trinajstić information content (AvgIpc) is 2.69. The molecule has 0 aliphatic heterocycles. The third kappa shape index (κ3) is 1.55. The lowest BCUT2D eigenvalue weighted by molar-refractivity contribution is 1.30. The van der Waals surface area contributed by atoms with Crippen molar-refractivity contribution in [3.05, 3.63) is 47.9 Å². The molecule has 0 unspecified atom stereocenters. The van der Waals surface area contributed by atoms with E-state index in [4.69, 9.17) is 11.6 Å². The van der Waals surface area contributed by atoms with Crippen LogP contribution in [0, 0.1) is 0 Å². The van der Waals surface area contributed by atoms with E-state index in [1.54, 1.807) is 6.20 Å². The van der Waals surface area contributed by atoms with Crippen molar-refractivity contribution in [1.29, 1.82) is 0 Å². The second-order valence-corrected chi connectivity index (χ2v) is 3.85. The van der Waals surface area contributed by atoms with Crippen LogP contribution in [0.2, 0.25) is 5.28 Å². The Hall–Kier alpha value is -1.87. The Labute approximate surface area is 97.1 Å². The van der Waals surface area contributed by atoms with Crippen molar-refractivity contribution in [1.82, 2.24) is 15.0 Å². The minimum absolute atomic E-state index is 0.368. The van der Waals surface area contributed by atoms with E-state index in [0.717, 1.165) is 16.6 Å². The number of benzene rings is 1. The zero-order valence-electron chi connectivity index (χ0n) is 8.31. The molecule has 0 aliphatic carbocycles. The summed E-state index contributed by atoms with van der Waals surface area (Å²) in [5, 5.41) is 0.368. The number of aromatic nitrogens is 3. The van der Waals surface area contributed by atoms with Gasteiger partial charge in [-0.2, -0.15) is 4.98 Å². The summed E-state index contributed by atoms with van der Waals surface area (Å²) in [5.41, 5.74) is 3.67. The van der Waals surface area contributed by atoms with E-state index >= 15 is 0 Å². The monoisotopic (exact) mass is 229 g/mol. The topological polar surface area (TPSA) is 41.6 Å². The van der Waals surface area contributed by atoms with E-state index in [2.05, 4.69) is 15.0 Å². The van der Waals surface area contributed by atoms with Crippen LogP contribution < -0.4 is 0 Å². The number of pyridine rings is 1. The Morgan fingerprint density at radius 2 is 1.88 bits per heavy atom. The highest BCUT2D eigenvalue weighted by Gasteiger charge is 2.04. The van der Waals surface area contributed by atoms with Crippen molar-refractivity contribution >= 4 is 22.8 Å². The molecule has 2 heterocycles. The van der Waals surface area contributed by atoms with Gasteiger partial charge in [-0.05, 0) is 23.2 Å². The number of H-pyrrole nitrogens is 1. The number of imidazole rings is 1. The summed E-state index contributed by atoms with van der Waals surface area (Å²) in [6.45, 7) is 0. The van der Waals surface area contributed by atoms with E-state index in [0.29, 0.717) is 10.9 Å². The Kier molecular flexibility index (Phi) is 2.11. The number of nitrogens with one attached hydrogen (secondary N) is 1. The van der Waals surface area contributed by atoms with Gasteiger partial charge < -0.3 is 4.98 Å². The third-order valence-corrected chi connectivity index (χ3v) is 2.59. The lowest BCUT2D eigenvalue weighted by Gasteiger charge is -1.99. The van der Waals surface area contributed by atoms with Gasteiger partial charge in [0.2, 0.25) is 5.28 Å². The first kappa shape index (κ1) is 9.36. The highest BCUT2D eigenvalue weighted by atomic mass is 35.5. The summed E-state index contributed by atoms with van der Waals surface area (Å²) >= 11 is 5.77. The van der Waals surface area contributed by atoms with Crippen LogP contribution in [0.25, 0.3) is 22.3 Å². The minimum Gasteiger partial charge on any atom is -0.327 e. The predicted octanol–water partition coefficient (Wildman–Crippen LogP) is 3.28. The van der Waals surface area contributed by atoms with Crippen LogP contribution in [-0.4, -0.2) is 15.0 Å². The van der Waals surface area contributed by atoms with Gasteiger partial charge in [-0.25, -0.2) is 4.98 Å². The standard InChI is InChI=1S/C12H8ClN3/c13-12-15-10-6-9(7-14-11(10)16-12)8-4-2-1-3-5-8/h1-7H,(H,14,15,16). The maximum Gasteiger partial charge on any atom is 0.202 e. The van der Waals surface area contributed by atoms with Gasteiger partial charge in [-0.15, -0.1) is 0 Å². The van der Waals surface area contributed by atoms with E-state index in [9.17, 15) is 0 Å². The van der Waals surface area contributed by atoms with Crippen molar-refractivity contribution in [2.75, 3.05) is 0 Å². The average molecular weight is 230 g/mol. The van der Waals surface area contributed by atoms with Crippen LogP contribution >= 0.6 is 11.6 Å². The Morgan fingerprint density at radius 1 is 1.06 bits per heavy atom. The number of halogens is 1. The molecule has 0 radical (unpaired) electrons. The molecule has 0 amide bonds. The maximum atomic E-state index is 5.77. The number of rotatable bonds is 1. The van der Waals surface area contributed by atoms with Crippen molar-refractivity contribution < 1.29 is 0 Å². The molecule has 4 heteroatoms. The van der Waals surface area contributed by atoms with Crippen LogP contribution in [0.3, 0.4) is 0 Å². The molecule has 1 N–H and O–H groups in total. The predicted molar refractivity (Wildman–Crippen MR) is 64.3 cm³/mol. The van der Waals surface area contributed by atoms with Gasteiger partial charge in [-0.1, -0.05) is 30.3 Å². The maximum absolute atomic E-state index is 5.77. The molecule has 0 saturated heterocycles. The molecule has 0 aliphatic rings. The Morgan fingerprint density at radius 3 is 2.69 bits per heavy atom. The van der Waals surface area contributed by atoms with Crippen LogP contribution in [0.15, 0.2) is 42.6 Å². The summed E-state index contributed by atoms with van der Waals surface area (Å²) < 4.78 is 0. The fourth-order valence-electron chi connectivity index (χ4n) is 1.66. The van der Waals surface area contributed by atoms with Gasteiger partial charge >= 0.3 is 0 Å². The highest BCUT2D eigenvalue weighted by Crippen LogP contribution is 2.21. The minimum atomic E-state index is 0.368. The molecule has 2 aromatic heterocycles. The number of fused-ring (bicyclic) bond motifs is 1. The summed E-state index contributed by atoms with van der Waals surface area (Å²) in [4.78, 5) is 11.3.